The van der Waals surface area contributed by atoms with Crippen LogP contribution in [0.15, 0.2) is 79.0 Å². The quantitative estimate of drug-likeness (QED) is 0.101. The fourth-order valence-electron chi connectivity index (χ4n) is 9.53. The summed E-state index contributed by atoms with van der Waals surface area (Å²) in [7, 11) is -0.547. The highest BCUT2D eigenvalue weighted by Crippen LogP contribution is 2.38. The fraction of sp³-hybridized carbons (Fsp3) is 0.596. The standard InChI is InChI=1S/C20H22BrN3O3.C19H30BNO3.C18H28BNO3/c21-17-6-3-15-13-22-20(23-18(15)19(17)25)14-1-4-16(5-2-14)27-12-9-24-7-10-26-11-8-24;1-18(2)19(3,4)24-20(23-18)17-9-7-16(8-10-17)6-5-11-21-12-14-22-15-13-21;1-17(2)18(3,4)23-19(22-17)15-9-7-14(8-10-15)6-5-11-20-12-16(21)13-20/h1-2,4-5,13,17H,3,6-12H2;7-10H,5-6,11-15H2,1-4H3;7-10,16,21H,5-6,11-13H2,1-4H3. The van der Waals surface area contributed by atoms with Crippen LogP contribution in [0.4, 0.5) is 0 Å². The second-order valence-electron chi connectivity index (χ2n) is 22.5. The summed E-state index contributed by atoms with van der Waals surface area (Å²) in [6, 6.07) is 25.0. The van der Waals surface area contributed by atoms with Gasteiger partial charge in [-0.2, -0.15) is 0 Å². The molecule has 0 bridgehead atoms. The Morgan fingerprint density at radius 1 is 0.649 bits per heavy atom. The van der Waals surface area contributed by atoms with E-state index in [1.807, 2.05) is 24.3 Å². The van der Waals surface area contributed by atoms with Crippen molar-refractivity contribution in [2.24, 2.45) is 0 Å². The monoisotopic (exact) mass is 1080 g/mol. The molecule has 5 fully saturated rings. The zero-order valence-corrected chi connectivity index (χ0v) is 46.9. The van der Waals surface area contributed by atoms with E-state index in [0.29, 0.717) is 18.1 Å². The van der Waals surface area contributed by atoms with Gasteiger partial charge in [-0.25, -0.2) is 9.97 Å². The number of morpholine rings is 2. The molecular formula is C57H80B2BrN5O9. The number of alkyl halides is 1. The van der Waals surface area contributed by atoms with Crippen LogP contribution in [0.25, 0.3) is 11.4 Å². The van der Waals surface area contributed by atoms with Gasteiger partial charge in [0.2, 0.25) is 0 Å². The third-order valence-electron chi connectivity index (χ3n) is 15.9. The molecule has 6 heterocycles. The van der Waals surface area contributed by atoms with Gasteiger partial charge in [0.15, 0.2) is 11.6 Å². The molecule has 4 aromatic rings. The Kier molecular flexibility index (Phi) is 19.3. The van der Waals surface area contributed by atoms with Gasteiger partial charge in [0.1, 0.15) is 18.1 Å². The van der Waals surface area contributed by atoms with E-state index in [1.165, 1.54) is 17.5 Å². The van der Waals surface area contributed by atoms with Gasteiger partial charge in [-0.1, -0.05) is 64.5 Å². The number of Topliss-reactive ketones (excluding diaryl/α,β-unsaturated/α-hetero) is 1. The lowest BCUT2D eigenvalue weighted by atomic mass is 9.78. The van der Waals surface area contributed by atoms with Crippen molar-refractivity contribution >= 4 is 46.9 Å². The molecule has 1 aliphatic carbocycles. The van der Waals surface area contributed by atoms with Gasteiger partial charge in [-0.05, 0) is 159 Å². The first kappa shape index (κ1) is 56.6. The van der Waals surface area contributed by atoms with E-state index >= 15 is 0 Å². The Hall–Kier alpha value is -3.58. The number of hydrogen-bond acceptors (Lipinski definition) is 14. The number of fused-ring (bicyclic) bond motifs is 1. The molecule has 74 heavy (non-hydrogen) atoms. The SMILES string of the molecule is CC1(C)OB(c2ccc(CCCN3CC(O)C3)cc2)OC1(C)C.CC1(C)OB(c2ccc(CCCN3CCOCC3)cc2)OC1(C)C.O=C1c2nc(-c3ccc(OCCN4CCOCC4)cc3)ncc2CCC1Br. The van der Waals surface area contributed by atoms with Crippen molar-refractivity contribution in [3.8, 4) is 17.1 Å². The summed E-state index contributed by atoms with van der Waals surface area (Å²) in [5, 5.41) is 9.28. The minimum atomic E-state index is -0.294. The normalized spacial score (nSPS) is 22.5. The topological polar surface area (TPSA) is 137 Å². The first-order chi connectivity index (χ1) is 35.3. The fourth-order valence-corrected chi connectivity index (χ4v) is 9.97. The van der Waals surface area contributed by atoms with Crippen LogP contribution < -0.4 is 15.7 Å². The number of β-amino-alcohol motifs (C(OH)–C–C–N with tert-alkyl or cyclic N) is 1. The molecule has 5 aliphatic heterocycles. The lowest BCUT2D eigenvalue weighted by Gasteiger charge is -2.35. The molecule has 0 amide bonds. The van der Waals surface area contributed by atoms with E-state index in [1.54, 1.807) is 6.20 Å². The van der Waals surface area contributed by atoms with E-state index in [-0.39, 0.29) is 53.4 Å². The van der Waals surface area contributed by atoms with Gasteiger partial charge < -0.3 is 37.9 Å². The Bertz CT molecular complexity index is 2380. The van der Waals surface area contributed by atoms with Crippen molar-refractivity contribution in [3.05, 3.63) is 101 Å². The van der Waals surface area contributed by atoms with E-state index in [0.717, 1.165) is 145 Å². The molecule has 0 saturated carbocycles. The van der Waals surface area contributed by atoms with Crippen molar-refractivity contribution in [1.29, 1.82) is 0 Å². The number of aliphatic hydroxyl groups excluding tert-OH is 1. The highest BCUT2D eigenvalue weighted by Gasteiger charge is 2.52. The van der Waals surface area contributed by atoms with Crippen LogP contribution in [0.2, 0.25) is 0 Å². The number of halogens is 1. The molecule has 10 rings (SSSR count). The van der Waals surface area contributed by atoms with Crippen LogP contribution in [-0.2, 0) is 47.4 Å². The Morgan fingerprint density at radius 3 is 1.58 bits per heavy atom. The average Bonchev–Trinajstić information content (AvgIpc) is 3.75. The molecule has 0 radical (unpaired) electrons. The minimum Gasteiger partial charge on any atom is -0.492 e. The lowest BCUT2D eigenvalue weighted by Crippen LogP contribution is -2.50. The number of benzene rings is 3. The molecule has 400 valence electrons. The van der Waals surface area contributed by atoms with E-state index in [4.69, 9.17) is 32.8 Å². The van der Waals surface area contributed by atoms with Gasteiger partial charge in [0.25, 0.3) is 0 Å². The number of likely N-dealkylation sites (tertiary alicyclic amines) is 1. The van der Waals surface area contributed by atoms with Crippen molar-refractivity contribution in [1.82, 2.24) is 24.7 Å². The molecular weight excluding hydrogens is 1000 g/mol. The number of aliphatic hydroxyl groups is 1. The number of ether oxygens (including phenoxy) is 3. The van der Waals surface area contributed by atoms with E-state index < -0.39 is 0 Å². The molecule has 6 aliphatic rings. The Balaban J connectivity index is 0.000000148. The predicted octanol–water partition coefficient (Wildman–Crippen LogP) is 6.59. The second kappa shape index (κ2) is 25.3. The summed E-state index contributed by atoms with van der Waals surface area (Å²) in [6.45, 7) is 29.5. The first-order valence-electron chi connectivity index (χ1n) is 27.0. The number of carbonyl (C=O) groups excluding carboxylic acids is 1. The molecule has 1 unspecified atom stereocenters. The summed E-state index contributed by atoms with van der Waals surface area (Å²) in [5.41, 5.74) is 6.10. The summed E-state index contributed by atoms with van der Waals surface area (Å²) < 4.78 is 41.0. The van der Waals surface area contributed by atoms with Crippen LogP contribution in [-0.4, -0.2) is 175 Å². The largest absolute Gasteiger partial charge is 0.494 e. The first-order valence-corrected chi connectivity index (χ1v) is 27.9. The maximum Gasteiger partial charge on any atom is 0.494 e. The van der Waals surface area contributed by atoms with Crippen molar-refractivity contribution in [2.75, 3.05) is 91.9 Å². The summed E-state index contributed by atoms with van der Waals surface area (Å²) in [4.78, 5) is 28.3. The Labute approximate surface area is 449 Å². The van der Waals surface area contributed by atoms with Crippen molar-refractivity contribution in [3.63, 3.8) is 0 Å². The highest BCUT2D eigenvalue weighted by atomic mass is 79.9. The Morgan fingerprint density at radius 2 is 1.11 bits per heavy atom. The van der Waals surface area contributed by atoms with Crippen LogP contribution in [0.3, 0.4) is 0 Å². The van der Waals surface area contributed by atoms with Crippen LogP contribution in [0, 0.1) is 0 Å². The van der Waals surface area contributed by atoms with Crippen molar-refractivity contribution < 1.29 is 42.7 Å². The van der Waals surface area contributed by atoms with Gasteiger partial charge >= 0.3 is 14.2 Å². The predicted molar refractivity (Wildman–Crippen MR) is 296 cm³/mol. The summed E-state index contributed by atoms with van der Waals surface area (Å²) in [6.07, 6.45) is 7.80. The molecule has 17 heteroatoms. The molecule has 1 N–H and O–H groups in total. The maximum absolute atomic E-state index is 12.3. The average molecular weight is 1080 g/mol. The zero-order valence-electron chi connectivity index (χ0n) is 45.3. The van der Waals surface area contributed by atoms with Gasteiger partial charge in [0, 0.05) is 57.6 Å². The number of aromatic nitrogens is 2. The van der Waals surface area contributed by atoms with Gasteiger partial charge in [0.05, 0.1) is 59.8 Å². The number of ketones is 1. The van der Waals surface area contributed by atoms with Crippen molar-refractivity contribution in [2.45, 2.75) is 127 Å². The summed E-state index contributed by atoms with van der Waals surface area (Å²) in [5.74, 6) is 1.44. The van der Waals surface area contributed by atoms with Crippen LogP contribution in [0.5, 0.6) is 5.75 Å². The molecule has 3 aromatic carbocycles. The smallest absolute Gasteiger partial charge is 0.492 e. The van der Waals surface area contributed by atoms with Crippen LogP contribution in [0.1, 0.15) is 102 Å². The zero-order chi connectivity index (χ0) is 52.5. The molecule has 14 nitrogen and oxygen atoms in total. The number of aryl methyl sites for hydroxylation is 3. The maximum atomic E-state index is 12.3. The van der Waals surface area contributed by atoms with E-state index in [9.17, 15) is 9.90 Å². The minimum absolute atomic E-state index is 0.0444. The third kappa shape index (κ3) is 14.9. The third-order valence-corrected chi connectivity index (χ3v) is 16.7. The van der Waals surface area contributed by atoms with Gasteiger partial charge in [-0.3, -0.25) is 19.5 Å². The number of nitrogens with zero attached hydrogens (tertiary/aromatic N) is 5. The highest BCUT2D eigenvalue weighted by molar-refractivity contribution is 9.10. The molecule has 0 spiro atoms. The van der Waals surface area contributed by atoms with Gasteiger partial charge in [-0.15, -0.1) is 0 Å². The van der Waals surface area contributed by atoms with E-state index in [2.05, 4.69) is 145 Å². The summed E-state index contributed by atoms with van der Waals surface area (Å²) >= 11 is 3.43. The lowest BCUT2D eigenvalue weighted by molar-refractivity contribution is 0.00187. The molecule has 5 saturated heterocycles. The molecule has 1 atom stereocenters. The second-order valence-corrected chi connectivity index (χ2v) is 23.6. The molecule has 1 aromatic heterocycles. The number of hydrogen-bond donors (Lipinski definition) is 1. The van der Waals surface area contributed by atoms with Crippen LogP contribution >= 0.6 is 15.9 Å². The number of carbonyl (C=O) groups is 1. The number of rotatable bonds is 15.